The second kappa shape index (κ2) is 7.02. The summed E-state index contributed by atoms with van der Waals surface area (Å²) in [5.74, 6) is -3.13. The van der Waals surface area contributed by atoms with Gasteiger partial charge in [0.2, 0.25) is 0 Å². The smallest absolute Gasteiger partial charge is 0.289 e. The van der Waals surface area contributed by atoms with Crippen LogP contribution >= 0.6 is 0 Å². The van der Waals surface area contributed by atoms with Crippen LogP contribution in [0.25, 0.3) is 0 Å². The van der Waals surface area contributed by atoms with Gasteiger partial charge in [0.15, 0.2) is 17.4 Å². The molecule has 0 spiro atoms. The standard InChI is InChI=1S/C21H11F4NO4S/c22-18-14(21(23,24)25)8-4-9-15(18)26-31(29,30)16-10-3-7-13-17(16)20(28)12-6-2-1-5-11(12)19(13)27/h1-10,26H. The Labute approximate surface area is 173 Å². The van der Waals surface area contributed by atoms with E-state index in [2.05, 4.69) is 0 Å². The van der Waals surface area contributed by atoms with Crippen molar-refractivity contribution in [3.8, 4) is 0 Å². The molecule has 0 unspecified atom stereocenters. The number of sulfonamides is 1. The maximum atomic E-state index is 14.3. The molecule has 3 aromatic rings. The SMILES string of the molecule is O=C1c2ccccc2C(=O)c2c1cccc2S(=O)(=O)Nc1cccc(C(F)(F)F)c1F. The van der Waals surface area contributed by atoms with E-state index in [-0.39, 0.29) is 16.7 Å². The molecule has 10 heteroatoms. The van der Waals surface area contributed by atoms with Gasteiger partial charge in [0.25, 0.3) is 10.0 Å². The van der Waals surface area contributed by atoms with Crippen LogP contribution < -0.4 is 4.72 Å². The third-order valence-electron chi connectivity index (χ3n) is 4.75. The molecule has 158 valence electrons. The van der Waals surface area contributed by atoms with Crippen LogP contribution in [0.15, 0.2) is 65.6 Å². The lowest BCUT2D eigenvalue weighted by atomic mass is 9.84. The maximum Gasteiger partial charge on any atom is 0.419 e. The van der Waals surface area contributed by atoms with E-state index in [9.17, 15) is 35.6 Å². The lowest BCUT2D eigenvalue weighted by Gasteiger charge is -2.20. The van der Waals surface area contributed by atoms with Crippen LogP contribution in [0.1, 0.15) is 37.4 Å². The highest BCUT2D eigenvalue weighted by Gasteiger charge is 2.37. The number of ketones is 2. The molecule has 1 N–H and O–H groups in total. The number of hydrogen-bond donors (Lipinski definition) is 1. The van der Waals surface area contributed by atoms with Gasteiger partial charge in [-0.25, -0.2) is 12.8 Å². The minimum atomic E-state index is -5.04. The number of benzene rings is 3. The van der Waals surface area contributed by atoms with E-state index in [0.29, 0.717) is 6.07 Å². The molecule has 0 bridgehead atoms. The van der Waals surface area contributed by atoms with Gasteiger partial charge in [-0.05, 0) is 18.2 Å². The zero-order chi connectivity index (χ0) is 22.6. The Morgan fingerprint density at radius 2 is 1.32 bits per heavy atom. The van der Waals surface area contributed by atoms with E-state index in [1.165, 1.54) is 30.3 Å². The summed E-state index contributed by atoms with van der Waals surface area (Å²) in [5, 5.41) is 0. The van der Waals surface area contributed by atoms with Gasteiger partial charge in [0.05, 0.1) is 21.7 Å². The molecular weight excluding hydrogens is 438 g/mol. The molecule has 0 aliphatic heterocycles. The summed E-state index contributed by atoms with van der Waals surface area (Å²) in [5.41, 5.74) is -3.09. The maximum absolute atomic E-state index is 14.3. The minimum Gasteiger partial charge on any atom is -0.289 e. The molecule has 0 radical (unpaired) electrons. The molecule has 0 saturated carbocycles. The molecule has 1 aliphatic carbocycles. The van der Waals surface area contributed by atoms with Crippen molar-refractivity contribution in [2.24, 2.45) is 0 Å². The van der Waals surface area contributed by atoms with E-state index in [0.717, 1.165) is 18.2 Å². The minimum absolute atomic E-state index is 0.00657. The third-order valence-corrected chi connectivity index (χ3v) is 6.16. The molecule has 3 aromatic carbocycles. The molecular formula is C21H11F4NO4S. The van der Waals surface area contributed by atoms with Crippen LogP contribution in [-0.4, -0.2) is 20.0 Å². The number of hydrogen-bond acceptors (Lipinski definition) is 4. The average Bonchev–Trinajstić information content (AvgIpc) is 2.72. The Morgan fingerprint density at radius 1 is 0.742 bits per heavy atom. The number of anilines is 1. The molecule has 0 amide bonds. The fourth-order valence-corrected chi connectivity index (χ4v) is 4.65. The first-order chi connectivity index (χ1) is 14.5. The fraction of sp³-hybridized carbons (Fsp3) is 0.0476. The second-order valence-electron chi connectivity index (χ2n) is 6.65. The van der Waals surface area contributed by atoms with Crippen molar-refractivity contribution in [2.75, 3.05) is 4.72 Å². The highest BCUT2D eigenvalue weighted by Crippen LogP contribution is 2.36. The Bertz CT molecular complexity index is 1360. The van der Waals surface area contributed by atoms with E-state index >= 15 is 0 Å². The molecule has 31 heavy (non-hydrogen) atoms. The van der Waals surface area contributed by atoms with Gasteiger partial charge in [0, 0.05) is 16.7 Å². The average molecular weight is 449 g/mol. The highest BCUT2D eigenvalue weighted by molar-refractivity contribution is 7.92. The molecule has 0 saturated heterocycles. The molecule has 0 heterocycles. The summed E-state index contributed by atoms with van der Waals surface area (Å²) in [6, 6.07) is 11.5. The normalized spacial score (nSPS) is 13.5. The van der Waals surface area contributed by atoms with Gasteiger partial charge in [-0.2, -0.15) is 13.2 Å². The van der Waals surface area contributed by atoms with E-state index in [1.807, 2.05) is 0 Å². The van der Waals surface area contributed by atoms with E-state index in [1.54, 1.807) is 10.8 Å². The van der Waals surface area contributed by atoms with E-state index in [4.69, 9.17) is 0 Å². The Kier molecular flexibility index (Phi) is 4.69. The van der Waals surface area contributed by atoms with Crippen LogP contribution in [-0.2, 0) is 16.2 Å². The second-order valence-corrected chi connectivity index (χ2v) is 8.30. The molecule has 4 rings (SSSR count). The first kappa shape index (κ1) is 20.7. The number of carbonyl (C=O) groups excluding carboxylic acids is 2. The van der Waals surface area contributed by atoms with E-state index < -0.39 is 55.3 Å². The third kappa shape index (κ3) is 3.38. The Hall–Kier alpha value is -3.53. The zero-order valence-corrected chi connectivity index (χ0v) is 16.1. The van der Waals surface area contributed by atoms with Crippen molar-refractivity contribution in [1.82, 2.24) is 0 Å². The molecule has 0 fully saturated rings. The van der Waals surface area contributed by atoms with Crippen LogP contribution in [0.4, 0.5) is 23.2 Å². The number of nitrogens with one attached hydrogen (secondary N) is 1. The summed E-state index contributed by atoms with van der Waals surface area (Å²) in [4.78, 5) is 25.1. The number of halogens is 4. The monoisotopic (exact) mass is 449 g/mol. The van der Waals surface area contributed by atoms with Gasteiger partial charge >= 0.3 is 6.18 Å². The number of alkyl halides is 3. The van der Waals surface area contributed by atoms with Crippen molar-refractivity contribution in [1.29, 1.82) is 0 Å². The lowest BCUT2D eigenvalue weighted by Crippen LogP contribution is -2.25. The van der Waals surface area contributed by atoms with Crippen LogP contribution in [0.2, 0.25) is 0 Å². The van der Waals surface area contributed by atoms with Crippen molar-refractivity contribution in [2.45, 2.75) is 11.1 Å². The predicted octanol–water partition coefficient (Wildman–Crippen LogP) is 4.42. The first-order valence-corrected chi connectivity index (χ1v) is 10.2. The quantitative estimate of drug-likeness (QED) is 0.470. The summed E-state index contributed by atoms with van der Waals surface area (Å²) < 4.78 is 80.8. The van der Waals surface area contributed by atoms with Gasteiger partial charge in [-0.3, -0.25) is 14.3 Å². The molecule has 0 aromatic heterocycles. The summed E-state index contributed by atoms with van der Waals surface area (Å²) >= 11 is 0. The number of fused-ring (bicyclic) bond motifs is 2. The van der Waals surface area contributed by atoms with Crippen LogP contribution in [0.3, 0.4) is 0 Å². The zero-order valence-electron chi connectivity index (χ0n) is 15.3. The topological polar surface area (TPSA) is 80.3 Å². The van der Waals surface area contributed by atoms with Crippen LogP contribution in [0.5, 0.6) is 0 Å². The van der Waals surface area contributed by atoms with Gasteiger partial charge < -0.3 is 0 Å². The summed E-state index contributed by atoms with van der Waals surface area (Å²) in [6.45, 7) is 0. The van der Waals surface area contributed by atoms with Gasteiger partial charge in [0.1, 0.15) is 0 Å². The first-order valence-electron chi connectivity index (χ1n) is 8.72. The van der Waals surface area contributed by atoms with Crippen molar-refractivity contribution in [3.05, 3.63) is 94.3 Å². The molecule has 5 nitrogen and oxygen atoms in total. The van der Waals surface area contributed by atoms with Crippen LogP contribution in [0, 0.1) is 5.82 Å². The van der Waals surface area contributed by atoms with Gasteiger partial charge in [-0.1, -0.05) is 42.5 Å². The number of carbonyl (C=O) groups is 2. The molecule has 0 atom stereocenters. The predicted molar refractivity (Wildman–Crippen MR) is 102 cm³/mol. The Morgan fingerprint density at radius 3 is 1.97 bits per heavy atom. The fourth-order valence-electron chi connectivity index (χ4n) is 3.37. The van der Waals surface area contributed by atoms with Crippen molar-refractivity contribution in [3.63, 3.8) is 0 Å². The highest BCUT2D eigenvalue weighted by atomic mass is 32.2. The Balaban J connectivity index is 1.84. The number of rotatable bonds is 3. The van der Waals surface area contributed by atoms with Gasteiger partial charge in [-0.15, -0.1) is 0 Å². The van der Waals surface area contributed by atoms with Crippen molar-refractivity contribution >= 4 is 27.3 Å². The summed E-state index contributed by atoms with van der Waals surface area (Å²) in [7, 11) is -4.73. The molecule has 1 aliphatic rings. The lowest BCUT2D eigenvalue weighted by molar-refractivity contribution is -0.139. The van der Waals surface area contributed by atoms with Crippen molar-refractivity contribution < 1.29 is 35.6 Å². The largest absolute Gasteiger partial charge is 0.419 e. The summed E-state index contributed by atoms with van der Waals surface area (Å²) in [6.07, 6.45) is -5.04.